The molecule has 2 aromatic rings. The third-order valence-electron chi connectivity index (χ3n) is 5.03. The largest absolute Gasteiger partial charge is 0.569 e. The number of ether oxygens (including phenoxy) is 3. The maximum absolute atomic E-state index is 12.5. The Morgan fingerprint density at radius 2 is 1.76 bits per heavy atom. The molecule has 1 aliphatic heterocycles. The molecule has 0 spiro atoms. The molecule has 0 amide bonds. The zero-order chi connectivity index (χ0) is 27.8. The number of hydrogen-bond acceptors (Lipinski definition) is 13. The lowest BCUT2D eigenvalue weighted by Crippen LogP contribution is -2.41. The van der Waals surface area contributed by atoms with Crippen LogP contribution in [0, 0.1) is 25.4 Å². The van der Waals surface area contributed by atoms with Gasteiger partial charge in [0, 0.05) is 13.0 Å². The fourth-order valence-electron chi connectivity index (χ4n) is 3.35. The number of carbonyl (C=O) groups excluding carboxylic acids is 3. The van der Waals surface area contributed by atoms with Crippen molar-refractivity contribution in [1.82, 2.24) is 5.01 Å². The number of hydrogen-bond donors (Lipinski definition) is 0. The molecular weight excluding hydrogens is 514 g/mol. The van der Waals surface area contributed by atoms with Crippen molar-refractivity contribution in [2.45, 2.75) is 25.8 Å². The summed E-state index contributed by atoms with van der Waals surface area (Å²) < 4.78 is 14.8. The first-order valence-electron chi connectivity index (χ1n) is 10.7. The van der Waals surface area contributed by atoms with Gasteiger partial charge in [0.1, 0.15) is 11.3 Å². The number of hydrazine groups is 1. The second kappa shape index (κ2) is 12.1. The molecule has 0 radical (unpaired) electrons. The molecule has 17 heteroatoms. The zero-order valence-corrected chi connectivity index (χ0v) is 19.6. The minimum Gasteiger partial charge on any atom is -0.569 e. The van der Waals surface area contributed by atoms with Gasteiger partial charge in [-0.05, 0) is 31.0 Å². The monoisotopic (exact) mass is 533 g/mol. The first kappa shape index (κ1) is 27.2. The van der Waals surface area contributed by atoms with Gasteiger partial charge in [-0.3, -0.25) is 29.9 Å². The molecule has 1 heterocycles. The second-order valence-corrected chi connectivity index (χ2v) is 7.52. The van der Waals surface area contributed by atoms with E-state index in [1.807, 2.05) is 0 Å². The predicted octanol–water partition coefficient (Wildman–Crippen LogP) is 2.42. The van der Waals surface area contributed by atoms with E-state index in [-0.39, 0.29) is 29.2 Å². The number of nitro benzene ring substituents is 2. The summed E-state index contributed by atoms with van der Waals surface area (Å²) in [6.07, 6.45) is 0.551. The summed E-state index contributed by atoms with van der Waals surface area (Å²) in [5.41, 5.74) is -1.45. The summed E-state index contributed by atoms with van der Waals surface area (Å²) in [7, 11) is 0. The summed E-state index contributed by atoms with van der Waals surface area (Å²) >= 11 is 0. The average Bonchev–Trinajstić information content (AvgIpc) is 3.37. The first-order chi connectivity index (χ1) is 18.1. The number of para-hydroxylation sites is 1. The quantitative estimate of drug-likeness (QED) is 0.0816. The Morgan fingerprint density at radius 3 is 2.45 bits per heavy atom. The van der Waals surface area contributed by atoms with Crippen LogP contribution in [0.4, 0.5) is 11.4 Å². The molecule has 38 heavy (non-hydrogen) atoms. The molecule has 0 unspecified atom stereocenters. The smallest absolute Gasteiger partial charge is 0.344 e. The fraction of sp³-hybridized carbons (Fsp3) is 0.286. The van der Waals surface area contributed by atoms with Gasteiger partial charge in [-0.1, -0.05) is 12.1 Å². The third-order valence-corrected chi connectivity index (χ3v) is 5.03. The number of carbonyl (C=O) groups is 3. The maximum Gasteiger partial charge on any atom is 0.344 e. The molecule has 200 valence electrons. The Morgan fingerprint density at radius 1 is 1.03 bits per heavy atom. The highest BCUT2D eigenvalue weighted by atomic mass is 16.7. The van der Waals surface area contributed by atoms with Crippen molar-refractivity contribution >= 4 is 29.3 Å². The molecule has 1 atom stereocenters. The van der Waals surface area contributed by atoms with E-state index in [1.54, 1.807) is 0 Å². The Balaban J connectivity index is 1.61. The highest BCUT2D eigenvalue weighted by molar-refractivity contribution is 5.93. The number of non-ortho nitro benzene ring substituents is 1. The lowest BCUT2D eigenvalue weighted by atomic mass is 10.2. The topological polar surface area (TPSA) is 216 Å². The van der Waals surface area contributed by atoms with Crippen molar-refractivity contribution in [3.8, 4) is 11.5 Å². The van der Waals surface area contributed by atoms with Gasteiger partial charge >= 0.3 is 23.6 Å². The van der Waals surface area contributed by atoms with Crippen molar-refractivity contribution in [1.29, 1.82) is 0 Å². The Hall–Kier alpha value is -5.35. The average molecular weight is 533 g/mol. The lowest BCUT2D eigenvalue weighted by Gasteiger charge is -2.18. The van der Waals surface area contributed by atoms with Gasteiger partial charge in [0.2, 0.25) is 17.8 Å². The molecular formula is C21H19N5O12. The van der Waals surface area contributed by atoms with Crippen LogP contribution in [0.3, 0.4) is 0 Å². The van der Waals surface area contributed by atoms with Gasteiger partial charge in [0.05, 0.1) is 27.4 Å². The standard InChI is InChI=1S/C21H19N5O12/c1-13(27)37-18-7-3-2-5-15(18)20(28)35-12-36-21(29)16-6-4-10-23(16)26(34)22-38-19-9-8-14(24(30)31)11-17(19)25(32)33/h2-3,5,7-9,11,16H,4,6,10,12H2,1H3/b26-22-/t16-/m0/s1. The molecule has 1 saturated heterocycles. The molecule has 2 aromatic carbocycles. The van der Waals surface area contributed by atoms with Crippen LogP contribution in [0.5, 0.6) is 11.5 Å². The van der Waals surface area contributed by atoms with Crippen LogP contribution in [-0.4, -0.2) is 57.1 Å². The minimum atomic E-state index is -1.14. The van der Waals surface area contributed by atoms with E-state index in [2.05, 4.69) is 5.28 Å². The predicted molar refractivity (Wildman–Crippen MR) is 120 cm³/mol. The van der Waals surface area contributed by atoms with Crippen LogP contribution < -0.4 is 9.57 Å². The summed E-state index contributed by atoms with van der Waals surface area (Å²) in [6, 6.07) is 7.08. The number of esters is 3. The van der Waals surface area contributed by atoms with Crippen LogP contribution in [0.1, 0.15) is 30.1 Å². The first-order valence-corrected chi connectivity index (χ1v) is 10.7. The highest BCUT2D eigenvalue weighted by Crippen LogP contribution is 2.31. The summed E-state index contributed by atoms with van der Waals surface area (Å²) in [5.74, 6) is -3.11. The van der Waals surface area contributed by atoms with E-state index in [0.717, 1.165) is 24.1 Å². The van der Waals surface area contributed by atoms with Crippen molar-refractivity contribution in [2.75, 3.05) is 13.3 Å². The van der Waals surface area contributed by atoms with E-state index in [4.69, 9.17) is 19.0 Å². The van der Waals surface area contributed by atoms with Crippen LogP contribution in [0.25, 0.3) is 0 Å². The van der Waals surface area contributed by atoms with Crippen molar-refractivity contribution in [3.63, 3.8) is 0 Å². The van der Waals surface area contributed by atoms with E-state index in [0.29, 0.717) is 12.5 Å². The maximum atomic E-state index is 12.5. The molecule has 0 aromatic heterocycles. The summed E-state index contributed by atoms with van der Waals surface area (Å²) in [6.45, 7) is 0.396. The highest BCUT2D eigenvalue weighted by Gasteiger charge is 2.38. The van der Waals surface area contributed by atoms with Crippen LogP contribution in [-0.2, 0) is 19.1 Å². The number of rotatable bonds is 10. The lowest BCUT2D eigenvalue weighted by molar-refractivity contribution is -0.708. The molecule has 0 bridgehead atoms. The molecule has 1 fully saturated rings. The third kappa shape index (κ3) is 6.65. The van der Waals surface area contributed by atoms with E-state index in [1.165, 1.54) is 24.3 Å². The number of benzene rings is 2. The minimum absolute atomic E-state index is 0.0461. The van der Waals surface area contributed by atoms with E-state index >= 15 is 0 Å². The van der Waals surface area contributed by atoms with Gasteiger partial charge in [0.15, 0.2) is 6.04 Å². The van der Waals surface area contributed by atoms with E-state index < -0.39 is 57.7 Å². The molecule has 0 saturated carbocycles. The van der Waals surface area contributed by atoms with Gasteiger partial charge < -0.3 is 19.4 Å². The van der Waals surface area contributed by atoms with Crippen LogP contribution in [0.2, 0.25) is 0 Å². The van der Waals surface area contributed by atoms with E-state index in [9.17, 15) is 39.8 Å². The number of nitrogens with zero attached hydrogens (tertiary/aromatic N) is 5. The molecule has 17 nitrogen and oxygen atoms in total. The van der Waals surface area contributed by atoms with Crippen molar-refractivity contribution in [2.24, 2.45) is 5.28 Å². The van der Waals surface area contributed by atoms with Crippen molar-refractivity contribution in [3.05, 3.63) is 73.5 Å². The Bertz CT molecular complexity index is 1300. The fourth-order valence-corrected chi connectivity index (χ4v) is 3.35. The van der Waals surface area contributed by atoms with Crippen LogP contribution >= 0.6 is 0 Å². The normalized spacial score (nSPS) is 14.9. The van der Waals surface area contributed by atoms with Gasteiger partial charge in [-0.15, -0.1) is 5.01 Å². The molecule has 1 aliphatic rings. The second-order valence-electron chi connectivity index (χ2n) is 7.52. The summed E-state index contributed by atoms with van der Waals surface area (Å²) in [4.78, 5) is 60.9. The molecule has 3 rings (SSSR count). The Labute approximate surface area is 212 Å². The van der Waals surface area contributed by atoms with Crippen molar-refractivity contribution < 1.29 is 48.2 Å². The SMILES string of the molecule is CC(=O)Oc1ccccc1C(=O)OCOC(=O)[C@@H]1CCCN1/[N+]([O-])=N/Oc1ccc([N+](=O)[O-])cc1[N+](=O)[O-]. The van der Waals surface area contributed by atoms with Gasteiger partial charge in [-0.25, -0.2) is 9.59 Å². The van der Waals surface area contributed by atoms with Gasteiger partial charge in [0.25, 0.3) is 5.69 Å². The Kier molecular flexibility index (Phi) is 8.65. The molecule has 0 aliphatic carbocycles. The molecule has 0 N–H and O–H groups in total. The van der Waals surface area contributed by atoms with Gasteiger partial charge in [-0.2, -0.15) is 0 Å². The summed E-state index contributed by atoms with van der Waals surface area (Å²) in [5, 5.41) is 38.6. The van der Waals surface area contributed by atoms with Crippen LogP contribution in [0.15, 0.2) is 47.7 Å². The zero-order valence-electron chi connectivity index (χ0n) is 19.6. The number of nitro groups is 2.